The highest BCUT2D eigenvalue weighted by Crippen LogP contribution is 2.03. The van der Waals surface area contributed by atoms with E-state index in [0.717, 1.165) is 37.2 Å². The van der Waals surface area contributed by atoms with Crippen molar-refractivity contribution in [2.45, 2.75) is 33.1 Å². The lowest BCUT2D eigenvalue weighted by molar-refractivity contribution is -0.901. The minimum absolute atomic E-state index is 0.124. The Labute approximate surface area is 120 Å². The second kappa shape index (κ2) is 7.20. The molecule has 1 heterocycles. The number of quaternary nitrogens is 1. The van der Waals surface area contributed by atoms with Crippen molar-refractivity contribution in [1.29, 1.82) is 0 Å². The van der Waals surface area contributed by atoms with Gasteiger partial charge in [0.1, 0.15) is 0 Å². The third-order valence-electron chi connectivity index (χ3n) is 3.77. The van der Waals surface area contributed by atoms with Crippen LogP contribution in [0.5, 0.6) is 0 Å². The average molecular weight is 274 g/mol. The molecule has 0 saturated carbocycles. The van der Waals surface area contributed by atoms with Crippen molar-refractivity contribution in [1.82, 2.24) is 5.43 Å². The molecule has 20 heavy (non-hydrogen) atoms. The van der Waals surface area contributed by atoms with E-state index in [2.05, 4.69) is 17.5 Å². The van der Waals surface area contributed by atoms with Gasteiger partial charge in [-0.2, -0.15) is 5.10 Å². The summed E-state index contributed by atoms with van der Waals surface area (Å²) in [6.07, 6.45) is 3.21. The molecule has 4 nitrogen and oxygen atoms in total. The van der Waals surface area contributed by atoms with Crippen LogP contribution in [0.3, 0.4) is 0 Å². The summed E-state index contributed by atoms with van der Waals surface area (Å²) < 4.78 is 0. The summed E-state index contributed by atoms with van der Waals surface area (Å²) in [5, 5.41) is 4.28. The Kier molecular flexibility index (Phi) is 5.30. The summed E-state index contributed by atoms with van der Waals surface area (Å²) in [6, 6.07) is 7.54. The number of piperidine rings is 1. The standard InChI is InChI=1S/C16H23N3O/c1-3-10-19-11-8-15(9-12-19)17-18-16(20)14-6-4-13(2)5-7-14/h4-7H,3,8-12H2,1-2H3,(H,18,20)/p+1. The zero-order chi connectivity index (χ0) is 14.4. The summed E-state index contributed by atoms with van der Waals surface area (Å²) in [4.78, 5) is 13.6. The van der Waals surface area contributed by atoms with E-state index in [-0.39, 0.29) is 5.91 Å². The zero-order valence-electron chi connectivity index (χ0n) is 12.4. The largest absolute Gasteiger partial charge is 0.334 e. The van der Waals surface area contributed by atoms with E-state index in [1.165, 1.54) is 13.0 Å². The van der Waals surface area contributed by atoms with Gasteiger partial charge in [-0.15, -0.1) is 0 Å². The normalized spacial score (nSPS) is 18.7. The maximum Gasteiger partial charge on any atom is 0.271 e. The lowest BCUT2D eigenvalue weighted by Crippen LogP contribution is -3.13. The zero-order valence-corrected chi connectivity index (χ0v) is 12.4. The fourth-order valence-corrected chi connectivity index (χ4v) is 2.51. The summed E-state index contributed by atoms with van der Waals surface area (Å²) in [6.45, 7) is 7.73. The van der Waals surface area contributed by atoms with Crippen molar-refractivity contribution in [3.8, 4) is 0 Å². The molecule has 4 heteroatoms. The first-order valence-electron chi connectivity index (χ1n) is 7.45. The monoisotopic (exact) mass is 274 g/mol. The van der Waals surface area contributed by atoms with Gasteiger partial charge in [0.15, 0.2) is 0 Å². The van der Waals surface area contributed by atoms with Crippen LogP contribution in [0.25, 0.3) is 0 Å². The van der Waals surface area contributed by atoms with E-state index < -0.39 is 0 Å². The molecule has 1 amide bonds. The minimum Gasteiger partial charge on any atom is -0.334 e. The predicted octanol–water partition coefficient (Wildman–Crippen LogP) is 1.17. The number of benzene rings is 1. The molecule has 0 radical (unpaired) electrons. The first-order valence-corrected chi connectivity index (χ1v) is 7.45. The molecule has 1 saturated heterocycles. The Morgan fingerprint density at radius 2 is 1.90 bits per heavy atom. The van der Waals surface area contributed by atoms with Gasteiger partial charge in [0, 0.05) is 24.1 Å². The topological polar surface area (TPSA) is 45.9 Å². The number of hydrogen-bond donors (Lipinski definition) is 2. The van der Waals surface area contributed by atoms with Crippen molar-refractivity contribution in [2.75, 3.05) is 19.6 Å². The molecule has 0 spiro atoms. The van der Waals surface area contributed by atoms with Crippen LogP contribution >= 0.6 is 0 Å². The molecule has 1 fully saturated rings. The second-order valence-corrected chi connectivity index (χ2v) is 5.48. The van der Waals surface area contributed by atoms with Gasteiger partial charge in [-0.1, -0.05) is 24.6 Å². The summed E-state index contributed by atoms with van der Waals surface area (Å²) >= 11 is 0. The van der Waals surface area contributed by atoms with Gasteiger partial charge < -0.3 is 4.90 Å². The van der Waals surface area contributed by atoms with Crippen LogP contribution in [0.4, 0.5) is 0 Å². The van der Waals surface area contributed by atoms with E-state index in [4.69, 9.17) is 0 Å². The minimum atomic E-state index is -0.124. The third kappa shape index (κ3) is 4.17. The van der Waals surface area contributed by atoms with Gasteiger partial charge in [0.2, 0.25) is 0 Å². The van der Waals surface area contributed by atoms with Gasteiger partial charge in [-0.25, -0.2) is 5.43 Å². The number of hydrogen-bond acceptors (Lipinski definition) is 2. The summed E-state index contributed by atoms with van der Waals surface area (Å²) in [7, 11) is 0. The maximum absolute atomic E-state index is 11.9. The van der Waals surface area contributed by atoms with Crippen molar-refractivity contribution in [3.05, 3.63) is 35.4 Å². The van der Waals surface area contributed by atoms with Crippen LogP contribution in [0.2, 0.25) is 0 Å². The van der Waals surface area contributed by atoms with Crippen molar-refractivity contribution in [2.24, 2.45) is 5.10 Å². The first-order chi connectivity index (χ1) is 9.69. The smallest absolute Gasteiger partial charge is 0.271 e. The Balaban J connectivity index is 1.84. The SMILES string of the molecule is CCC[NH+]1CCC(=NNC(=O)c2ccc(C)cc2)CC1. The molecule has 2 rings (SSSR count). The van der Waals surface area contributed by atoms with Gasteiger partial charge in [0.25, 0.3) is 5.91 Å². The van der Waals surface area contributed by atoms with E-state index in [9.17, 15) is 4.79 Å². The Morgan fingerprint density at radius 1 is 1.25 bits per heavy atom. The summed E-state index contributed by atoms with van der Waals surface area (Å²) in [5.41, 5.74) is 5.60. The molecule has 0 unspecified atom stereocenters. The highest BCUT2D eigenvalue weighted by molar-refractivity contribution is 5.95. The lowest BCUT2D eigenvalue weighted by atomic mass is 10.1. The molecule has 0 bridgehead atoms. The Morgan fingerprint density at radius 3 is 2.50 bits per heavy atom. The average Bonchev–Trinajstić information content (AvgIpc) is 2.47. The van der Waals surface area contributed by atoms with Gasteiger partial charge in [0.05, 0.1) is 19.6 Å². The molecule has 1 aliphatic heterocycles. The second-order valence-electron chi connectivity index (χ2n) is 5.48. The first kappa shape index (κ1) is 14.7. The van der Waals surface area contributed by atoms with Crippen LogP contribution in [0.1, 0.15) is 42.1 Å². The van der Waals surface area contributed by atoms with Crippen LogP contribution < -0.4 is 10.3 Å². The molecule has 0 aliphatic carbocycles. The highest BCUT2D eigenvalue weighted by atomic mass is 16.2. The fraction of sp³-hybridized carbons (Fsp3) is 0.500. The maximum atomic E-state index is 11.9. The number of carbonyl (C=O) groups is 1. The molecule has 0 aromatic heterocycles. The van der Waals surface area contributed by atoms with E-state index in [1.54, 1.807) is 4.90 Å². The Hall–Kier alpha value is -1.68. The lowest BCUT2D eigenvalue weighted by Gasteiger charge is -2.24. The quantitative estimate of drug-likeness (QED) is 0.796. The van der Waals surface area contributed by atoms with Crippen molar-refractivity contribution in [3.63, 3.8) is 0 Å². The van der Waals surface area contributed by atoms with Crippen LogP contribution in [0.15, 0.2) is 29.4 Å². The van der Waals surface area contributed by atoms with Crippen LogP contribution in [-0.2, 0) is 0 Å². The van der Waals surface area contributed by atoms with E-state index in [0.29, 0.717) is 5.56 Å². The van der Waals surface area contributed by atoms with Crippen LogP contribution in [0, 0.1) is 6.92 Å². The fourth-order valence-electron chi connectivity index (χ4n) is 2.51. The molecule has 2 N–H and O–H groups in total. The third-order valence-corrected chi connectivity index (χ3v) is 3.77. The molecule has 1 aromatic rings. The molecular formula is C16H24N3O+. The Bertz CT molecular complexity index is 469. The number of amides is 1. The van der Waals surface area contributed by atoms with Gasteiger partial charge in [-0.05, 0) is 25.5 Å². The number of carbonyl (C=O) groups excluding carboxylic acids is 1. The van der Waals surface area contributed by atoms with E-state index >= 15 is 0 Å². The summed E-state index contributed by atoms with van der Waals surface area (Å²) in [5.74, 6) is -0.124. The number of rotatable bonds is 4. The predicted molar refractivity (Wildman–Crippen MR) is 81.2 cm³/mol. The molecule has 108 valence electrons. The molecular weight excluding hydrogens is 250 g/mol. The van der Waals surface area contributed by atoms with Gasteiger partial charge in [-0.3, -0.25) is 4.79 Å². The van der Waals surface area contributed by atoms with Crippen molar-refractivity contribution < 1.29 is 9.69 Å². The van der Waals surface area contributed by atoms with Crippen LogP contribution in [-0.4, -0.2) is 31.3 Å². The number of hydrazone groups is 1. The molecule has 1 aromatic carbocycles. The molecule has 0 atom stereocenters. The number of aryl methyl sites for hydroxylation is 1. The number of likely N-dealkylation sites (tertiary alicyclic amines) is 1. The van der Waals surface area contributed by atoms with Gasteiger partial charge >= 0.3 is 0 Å². The van der Waals surface area contributed by atoms with E-state index in [1.807, 2.05) is 31.2 Å². The highest BCUT2D eigenvalue weighted by Gasteiger charge is 2.17. The van der Waals surface area contributed by atoms with Crippen molar-refractivity contribution >= 4 is 11.6 Å². The molecule has 1 aliphatic rings. The number of nitrogens with one attached hydrogen (secondary N) is 2. The number of nitrogens with zero attached hydrogens (tertiary/aromatic N) is 1.